The number of furan rings is 1. The van der Waals surface area contributed by atoms with Crippen LogP contribution in [-0.2, 0) is 10.0 Å². The van der Waals surface area contributed by atoms with E-state index in [1.807, 2.05) is 0 Å². The Bertz CT molecular complexity index is 518. The first kappa shape index (κ1) is 14.7. The topological polar surface area (TPSA) is 117 Å². The number of carboxylic acids is 1. The zero-order chi connectivity index (χ0) is 13.9. The largest absolute Gasteiger partial charge is 0.475 e. The molecule has 1 aromatic rings. The monoisotopic (exact) mass is 277 g/mol. The molecule has 0 aliphatic heterocycles. The van der Waals surface area contributed by atoms with E-state index in [2.05, 4.69) is 4.72 Å². The van der Waals surface area contributed by atoms with Gasteiger partial charge in [0.25, 0.3) is 10.0 Å². The van der Waals surface area contributed by atoms with Crippen LogP contribution < -0.4 is 4.72 Å². The van der Waals surface area contributed by atoms with Crippen LogP contribution in [0.1, 0.15) is 30.8 Å². The lowest BCUT2D eigenvalue weighted by atomic mass is 10.2. The highest BCUT2D eigenvalue weighted by Crippen LogP contribution is 2.14. The van der Waals surface area contributed by atoms with Gasteiger partial charge in [-0.3, -0.25) is 0 Å². The molecular formula is C10H15NO6S. The van der Waals surface area contributed by atoms with Crippen LogP contribution in [0.5, 0.6) is 0 Å². The first-order valence-electron chi connectivity index (χ1n) is 5.26. The number of aliphatic hydroxyl groups is 1. The number of hydrogen-bond acceptors (Lipinski definition) is 5. The summed E-state index contributed by atoms with van der Waals surface area (Å²) in [5.74, 6) is -1.79. The average molecular weight is 277 g/mol. The zero-order valence-electron chi connectivity index (χ0n) is 9.95. The van der Waals surface area contributed by atoms with Gasteiger partial charge in [0.15, 0.2) is 0 Å². The van der Waals surface area contributed by atoms with Crippen molar-refractivity contribution in [3.63, 3.8) is 0 Å². The number of aromatic carboxylic acids is 1. The summed E-state index contributed by atoms with van der Waals surface area (Å²) in [7, 11) is -3.91. The van der Waals surface area contributed by atoms with Crippen LogP contribution >= 0.6 is 0 Å². The lowest BCUT2D eigenvalue weighted by molar-refractivity contribution is 0.0656. The Balaban J connectivity index is 2.82. The van der Waals surface area contributed by atoms with Crippen molar-refractivity contribution in [1.82, 2.24) is 4.72 Å². The first-order valence-corrected chi connectivity index (χ1v) is 6.74. The fraction of sp³-hybridized carbons (Fsp3) is 0.500. The molecule has 0 aliphatic carbocycles. The predicted molar refractivity (Wildman–Crippen MR) is 61.7 cm³/mol. The standard InChI is InChI=1S/C10H15NO6S/c1-6(5-7(2)12)11-18(15,16)9-4-3-8(17-9)10(13)14/h3-4,6-7,11-12H,5H2,1-2H3,(H,13,14). The van der Waals surface area contributed by atoms with Gasteiger partial charge in [-0.15, -0.1) is 0 Å². The Morgan fingerprint density at radius 2 is 2.06 bits per heavy atom. The van der Waals surface area contributed by atoms with Gasteiger partial charge in [0, 0.05) is 6.04 Å². The van der Waals surface area contributed by atoms with Crippen molar-refractivity contribution in [3.05, 3.63) is 17.9 Å². The minimum atomic E-state index is -3.91. The molecule has 3 N–H and O–H groups in total. The van der Waals surface area contributed by atoms with E-state index in [0.717, 1.165) is 12.1 Å². The van der Waals surface area contributed by atoms with Crippen LogP contribution in [0, 0.1) is 0 Å². The van der Waals surface area contributed by atoms with Crippen LogP contribution in [-0.4, -0.2) is 36.7 Å². The predicted octanol–water partition coefficient (Wildman–Crippen LogP) is 0.415. The Morgan fingerprint density at radius 1 is 1.44 bits per heavy atom. The highest BCUT2D eigenvalue weighted by molar-refractivity contribution is 7.89. The normalized spacial score (nSPS) is 15.3. The number of carboxylic acid groups (broad SMARTS) is 1. The van der Waals surface area contributed by atoms with Gasteiger partial charge in [0.05, 0.1) is 6.10 Å². The van der Waals surface area contributed by atoms with Crippen LogP contribution in [0.25, 0.3) is 0 Å². The van der Waals surface area contributed by atoms with Crippen LogP contribution in [0.15, 0.2) is 21.6 Å². The van der Waals surface area contributed by atoms with Gasteiger partial charge in [-0.2, -0.15) is 0 Å². The second kappa shape index (κ2) is 5.51. The maximum atomic E-state index is 11.8. The molecule has 0 saturated heterocycles. The molecule has 0 fully saturated rings. The minimum absolute atomic E-state index is 0.242. The van der Waals surface area contributed by atoms with Crippen molar-refractivity contribution < 1.29 is 27.8 Å². The summed E-state index contributed by atoms with van der Waals surface area (Å²) in [4.78, 5) is 10.6. The molecule has 18 heavy (non-hydrogen) atoms. The van der Waals surface area contributed by atoms with E-state index in [-0.39, 0.29) is 6.42 Å². The number of carbonyl (C=O) groups is 1. The Hall–Kier alpha value is -1.38. The second-order valence-electron chi connectivity index (χ2n) is 4.03. The number of rotatable bonds is 6. The highest BCUT2D eigenvalue weighted by Gasteiger charge is 2.23. The minimum Gasteiger partial charge on any atom is -0.475 e. The average Bonchev–Trinajstić information content (AvgIpc) is 2.63. The van der Waals surface area contributed by atoms with Gasteiger partial charge >= 0.3 is 5.97 Å². The molecule has 0 radical (unpaired) electrons. The number of nitrogens with one attached hydrogen (secondary N) is 1. The quantitative estimate of drug-likeness (QED) is 0.693. The molecule has 0 saturated carbocycles. The fourth-order valence-corrected chi connectivity index (χ4v) is 2.65. The molecule has 1 heterocycles. The van der Waals surface area contributed by atoms with E-state index in [9.17, 15) is 13.2 Å². The van der Waals surface area contributed by atoms with Crippen molar-refractivity contribution >= 4 is 16.0 Å². The lowest BCUT2D eigenvalue weighted by Crippen LogP contribution is -2.34. The molecule has 102 valence electrons. The van der Waals surface area contributed by atoms with Gasteiger partial charge < -0.3 is 14.6 Å². The van der Waals surface area contributed by atoms with Gasteiger partial charge in [-0.1, -0.05) is 0 Å². The van der Waals surface area contributed by atoms with E-state index in [0.29, 0.717) is 0 Å². The molecule has 0 bridgehead atoms. The molecule has 1 rings (SSSR count). The Kier molecular flexibility index (Phi) is 4.49. The van der Waals surface area contributed by atoms with Gasteiger partial charge in [0.2, 0.25) is 10.9 Å². The third kappa shape index (κ3) is 3.83. The van der Waals surface area contributed by atoms with E-state index in [1.54, 1.807) is 13.8 Å². The second-order valence-corrected chi connectivity index (χ2v) is 5.68. The maximum absolute atomic E-state index is 11.8. The summed E-state index contributed by atoms with van der Waals surface area (Å²) in [6.45, 7) is 3.13. The first-order chi connectivity index (χ1) is 8.22. The fourth-order valence-electron chi connectivity index (χ4n) is 1.46. The molecular weight excluding hydrogens is 262 g/mol. The highest BCUT2D eigenvalue weighted by atomic mass is 32.2. The van der Waals surface area contributed by atoms with E-state index >= 15 is 0 Å². The lowest BCUT2D eigenvalue weighted by Gasteiger charge is -2.14. The summed E-state index contributed by atoms with van der Waals surface area (Å²) >= 11 is 0. The number of sulfonamides is 1. The SMILES string of the molecule is CC(O)CC(C)NS(=O)(=O)c1ccc(C(=O)O)o1. The van der Waals surface area contributed by atoms with Crippen molar-refractivity contribution in [1.29, 1.82) is 0 Å². The molecule has 0 aliphatic rings. The molecule has 0 amide bonds. The number of aliphatic hydroxyl groups excluding tert-OH is 1. The summed E-state index contributed by atoms with van der Waals surface area (Å²) in [6, 6.07) is 1.64. The Labute approximate surface area is 104 Å². The summed E-state index contributed by atoms with van der Waals surface area (Å²) < 4.78 is 30.5. The molecule has 8 heteroatoms. The van der Waals surface area contributed by atoms with E-state index in [1.165, 1.54) is 0 Å². The van der Waals surface area contributed by atoms with E-state index < -0.39 is 39.0 Å². The van der Waals surface area contributed by atoms with Crippen molar-refractivity contribution in [2.75, 3.05) is 0 Å². The molecule has 1 aromatic heterocycles. The third-order valence-corrected chi connectivity index (χ3v) is 3.57. The molecule has 2 unspecified atom stereocenters. The molecule has 7 nitrogen and oxygen atoms in total. The van der Waals surface area contributed by atoms with Gasteiger partial charge in [-0.25, -0.2) is 17.9 Å². The van der Waals surface area contributed by atoms with Crippen LogP contribution in [0.2, 0.25) is 0 Å². The van der Waals surface area contributed by atoms with Crippen molar-refractivity contribution in [2.24, 2.45) is 0 Å². The number of hydrogen-bond donors (Lipinski definition) is 3. The van der Waals surface area contributed by atoms with Crippen LogP contribution in [0.3, 0.4) is 0 Å². The molecule has 2 atom stereocenters. The summed E-state index contributed by atoms with van der Waals surface area (Å²) in [5.41, 5.74) is 0. The van der Waals surface area contributed by atoms with E-state index in [4.69, 9.17) is 14.6 Å². The van der Waals surface area contributed by atoms with Gasteiger partial charge in [0.1, 0.15) is 0 Å². The third-order valence-electron chi connectivity index (χ3n) is 2.11. The zero-order valence-corrected chi connectivity index (χ0v) is 10.8. The van der Waals surface area contributed by atoms with Crippen molar-refractivity contribution in [2.45, 2.75) is 37.5 Å². The Morgan fingerprint density at radius 3 is 2.50 bits per heavy atom. The summed E-state index contributed by atoms with van der Waals surface area (Å²) in [6.07, 6.45) is -0.403. The van der Waals surface area contributed by atoms with Crippen molar-refractivity contribution in [3.8, 4) is 0 Å². The molecule has 0 spiro atoms. The summed E-state index contributed by atoms with van der Waals surface area (Å²) in [5, 5.41) is 17.3. The van der Waals surface area contributed by atoms with Crippen LogP contribution in [0.4, 0.5) is 0 Å². The van der Waals surface area contributed by atoms with Gasteiger partial charge in [-0.05, 0) is 32.4 Å². The molecule has 0 aromatic carbocycles. The maximum Gasteiger partial charge on any atom is 0.371 e. The smallest absolute Gasteiger partial charge is 0.371 e.